The predicted octanol–water partition coefficient (Wildman–Crippen LogP) is 2.82. The molecule has 0 spiro atoms. The highest BCUT2D eigenvalue weighted by Crippen LogP contribution is 2.27. The van der Waals surface area contributed by atoms with E-state index in [4.69, 9.17) is 23.8 Å². The van der Waals surface area contributed by atoms with Gasteiger partial charge in [-0.3, -0.25) is 9.69 Å². The summed E-state index contributed by atoms with van der Waals surface area (Å²) in [6.07, 6.45) is 0. The maximum Gasteiger partial charge on any atom is 0.252 e. The number of rotatable bonds is 2. The van der Waals surface area contributed by atoms with Crippen LogP contribution in [0.1, 0.15) is 13.8 Å². The molecule has 2 rings (SSSR count). The highest BCUT2D eigenvalue weighted by molar-refractivity contribution is 7.80. The van der Waals surface area contributed by atoms with Crippen molar-refractivity contribution in [2.45, 2.75) is 19.9 Å². The Hall–Kier alpha value is -1.20. The summed E-state index contributed by atoms with van der Waals surface area (Å²) in [5.74, 6) is -0.643. The van der Waals surface area contributed by atoms with Crippen LogP contribution in [0.25, 0.3) is 0 Å². The van der Waals surface area contributed by atoms with Crippen molar-refractivity contribution in [2.24, 2.45) is 0 Å². The molecule has 1 aromatic carbocycles. The first-order chi connectivity index (χ1) is 8.41. The predicted molar refractivity (Wildman–Crippen MR) is 73.3 cm³/mol. The summed E-state index contributed by atoms with van der Waals surface area (Å²) in [5, 5.41) is 0.406. The van der Waals surface area contributed by atoms with Gasteiger partial charge in [0, 0.05) is 6.04 Å². The molecule has 96 valence electrons. The molecule has 0 aliphatic carbocycles. The average Bonchev–Trinajstić information content (AvgIpc) is 2.59. The minimum atomic E-state index is -0.515. The Morgan fingerprint density at radius 1 is 1.44 bits per heavy atom. The first kappa shape index (κ1) is 13.2. The van der Waals surface area contributed by atoms with Gasteiger partial charge < -0.3 is 4.90 Å². The lowest BCUT2D eigenvalue weighted by atomic mass is 10.3. The van der Waals surface area contributed by atoms with Crippen molar-refractivity contribution in [2.75, 3.05) is 11.4 Å². The molecule has 1 aromatic rings. The molecule has 0 aromatic heterocycles. The highest BCUT2D eigenvalue weighted by Gasteiger charge is 2.35. The first-order valence-electron chi connectivity index (χ1n) is 5.50. The standard InChI is InChI=1S/C12H12ClFN2OS/c1-7(2)15-6-11(17)16(12(15)18)8-3-4-10(14)9(13)5-8/h3-5,7H,6H2,1-2H3. The molecule has 0 radical (unpaired) electrons. The van der Waals surface area contributed by atoms with Crippen LogP contribution < -0.4 is 4.90 Å². The van der Waals surface area contributed by atoms with E-state index in [1.807, 2.05) is 18.7 Å². The number of thiocarbonyl (C=S) groups is 1. The van der Waals surface area contributed by atoms with Crippen molar-refractivity contribution < 1.29 is 9.18 Å². The largest absolute Gasteiger partial charge is 0.337 e. The van der Waals surface area contributed by atoms with E-state index in [1.165, 1.54) is 23.1 Å². The Morgan fingerprint density at radius 3 is 2.61 bits per heavy atom. The molecular formula is C12H12ClFN2OS. The van der Waals surface area contributed by atoms with Gasteiger partial charge in [0.25, 0.3) is 5.91 Å². The lowest BCUT2D eigenvalue weighted by Crippen LogP contribution is -2.36. The van der Waals surface area contributed by atoms with Gasteiger partial charge in [0.1, 0.15) is 12.4 Å². The zero-order valence-electron chi connectivity index (χ0n) is 9.98. The number of carbonyl (C=O) groups is 1. The summed E-state index contributed by atoms with van der Waals surface area (Å²) < 4.78 is 13.1. The first-order valence-corrected chi connectivity index (χ1v) is 6.29. The zero-order chi connectivity index (χ0) is 13.4. The third kappa shape index (κ3) is 2.20. The molecule has 0 saturated carbocycles. The lowest BCUT2D eigenvalue weighted by molar-refractivity contribution is -0.116. The second-order valence-corrected chi connectivity index (χ2v) is 5.10. The van der Waals surface area contributed by atoms with Gasteiger partial charge in [-0.1, -0.05) is 11.6 Å². The van der Waals surface area contributed by atoms with Gasteiger partial charge in [0.15, 0.2) is 5.11 Å². The summed E-state index contributed by atoms with van der Waals surface area (Å²) in [5.41, 5.74) is 0.500. The molecule has 1 heterocycles. The molecule has 1 saturated heterocycles. The fraction of sp³-hybridized carbons (Fsp3) is 0.333. The minimum Gasteiger partial charge on any atom is -0.337 e. The third-order valence-electron chi connectivity index (χ3n) is 2.78. The van der Waals surface area contributed by atoms with Gasteiger partial charge in [-0.15, -0.1) is 0 Å². The Morgan fingerprint density at radius 2 is 2.11 bits per heavy atom. The van der Waals surface area contributed by atoms with Crippen LogP contribution in [0.15, 0.2) is 18.2 Å². The number of anilines is 1. The van der Waals surface area contributed by atoms with Crippen LogP contribution in [0, 0.1) is 5.82 Å². The van der Waals surface area contributed by atoms with Gasteiger partial charge in [-0.2, -0.15) is 0 Å². The van der Waals surface area contributed by atoms with E-state index >= 15 is 0 Å². The van der Waals surface area contributed by atoms with Crippen molar-refractivity contribution in [3.63, 3.8) is 0 Å². The third-order valence-corrected chi connectivity index (χ3v) is 3.48. The highest BCUT2D eigenvalue weighted by atomic mass is 35.5. The number of amides is 1. The quantitative estimate of drug-likeness (QED) is 0.781. The minimum absolute atomic E-state index is 0.0221. The normalized spacial score (nSPS) is 16.1. The zero-order valence-corrected chi connectivity index (χ0v) is 11.6. The Labute approximate surface area is 115 Å². The van der Waals surface area contributed by atoms with E-state index in [1.54, 1.807) is 0 Å². The van der Waals surface area contributed by atoms with Crippen LogP contribution in [0.4, 0.5) is 10.1 Å². The fourth-order valence-corrected chi connectivity index (χ4v) is 2.46. The summed E-state index contributed by atoms with van der Waals surface area (Å²) >= 11 is 11.0. The topological polar surface area (TPSA) is 23.6 Å². The van der Waals surface area contributed by atoms with E-state index in [-0.39, 0.29) is 23.5 Å². The average molecular weight is 287 g/mol. The molecule has 0 atom stereocenters. The maximum atomic E-state index is 13.1. The Bertz CT molecular complexity index is 521. The van der Waals surface area contributed by atoms with Gasteiger partial charge >= 0.3 is 0 Å². The molecule has 18 heavy (non-hydrogen) atoms. The van der Waals surface area contributed by atoms with E-state index in [0.29, 0.717) is 10.8 Å². The summed E-state index contributed by atoms with van der Waals surface area (Å²) in [6.45, 7) is 4.16. The van der Waals surface area contributed by atoms with Crippen LogP contribution in [0.5, 0.6) is 0 Å². The van der Waals surface area contributed by atoms with Crippen LogP contribution in [0.2, 0.25) is 5.02 Å². The van der Waals surface area contributed by atoms with Gasteiger partial charge in [0.05, 0.1) is 10.7 Å². The van der Waals surface area contributed by atoms with E-state index in [2.05, 4.69) is 0 Å². The van der Waals surface area contributed by atoms with Crippen molar-refractivity contribution in [3.8, 4) is 0 Å². The van der Waals surface area contributed by atoms with E-state index < -0.39 is 5.82 Å². The van der Waals surface area contributed by atoms with Crippen LogP contribution in [-0.2, 0) is 4.79 Å². The second-order valence-electron chi connectivity index (χ2n) is 4.33. The number of nitrogens with zero attached hydrogens (tertiary/aromatic N) is 2. The van der Waals surface area contributed by atoms with Gasteiger partial charge in [0.2, 0.25) is 0 Å². The summed E-state index contributed by atoms with van der Waals surface area (Å²) in [6, 6.07) is 4.27. The molecule has 3 nitrogen and oxygen atoms in total. The molecule has 0 N–H and O–H groups in total. The maximum absolute atomic E-state index is 13.1. The fourth-order valence-electron chi connectivity index (χ4n) is 1.80. The number of hydrogen-bond donors (Lipinski definition) is 0. The van der Waals surface area contributed by atoms with Gasteiger partial charge in [-0.05, 0) is 44.3 Å². The molecule has 1 aliphatic heterocycles. The van der Waals surface area contributed by atoms with Crippen molar-refractivity contribution in [3.05, 3.63) is 29.0 Å². The summed E-state index contributed by atoms with van der Waals surface area (Å²) in [7, 11) is 0. The van der Waals surface area contributed by atoms with Crippen LogP contribution in [0.3, 0.4) is 0 Å². The molecule has 1 fully saturated rings. The number of hydrogen-bond acceptors (Lipinski definition) is 2. The molecular weight excluding hydrogens is 275 g/mol. The van der Waals surface area contributed by atoms with E-state index in [9.17, 15) is 9.18 Å². The lowest BCUT2D eigenvalue weighted by Gasteiger charge is -2.23. The van der Waals surface area contributed by atoms with Gasteiger partial charge in [-0.25, -0.2) is 4.39 Å². The van der Waals surface area contributed by atoms with Crippen molar-refractivity contribution in [1.82, 2.24) is 4.90 Å². The van der Waals surface area contributed by atoms with Crippen LogP contribution in [-0.4, -0.2) is 28.5 Å². The second kappa shape index (κ2) is 4.82. The Balaban J connectivity index is 2.36. The number of carbonyl (C=O) groups excluding carboxylic acids is 1. The van der Waals surface area contributed by atoms with Crippen LogP contribution >= 0.6 is 23.8 Å². The molecule has 6 heteroatoms. The summed E-state index contributed by atoms with van der Waals surface area (Å²) in [4.78, 5) is 15.2. The number of benzene rings is 1. The molecule has 0 bridgehead atoms. The van der Waals surface area contributed by atoms with E-state index in [0.717, 1.165) is 0 Å². The number of halogens is 2. The molecule has 0 unspecified atom stereocenters. The van der Waals surface area contributed by atoms with Crippen molar-refractivity contribution in [1.29, 1.82) is 0 Å². The van der Waals surface area contributed by atoms with Crippen molar-refractivity contribution >= 4 is 40.5 Å². The SMILES string of the molecule is CC(C)N1CC(=O)N(c2ccc(F)c(Cl)c2)C1=S. The molecule has 1 amide bonds. The smallest absolute Gasteiger partial charge is 0.252 e. The molecule has 1 aliphatic rings. The monoisotopic (exact) mass is 286 g/mol. The Kier molecular flexibility index (Phi) is 3.54.